The molecule has 0 saturated heterocycles. The van der Waals surface area contributed by atoms with Crippen molar-refractivity contribution in [2.45, 2.75) is 32.7 Å². The molecule has 120 valence electrons. The molecule has 1 unspecified atom stereocenters. The third-order valence-corrected chi connectivity index (χ3v) is 3.57. The molecule has 0 bridgehead atoms. The monoisotopic (exact) mass is 306 g/mol. The standard InChI is InChI=1S/C16H22N2O4/c1-10(2)14(16(20)21-3)18-15(19)12-6-7-17-13(8-12)22-9-11-4-5-11/h6-8,10-11,14H,4-5,9H2,1-3H3,(H,18,19). The zero-order valence-corrected chi connectivity index (χ0v) is 13.2. The molecule has 1 N–H and O–H groups in total. The average Bonchev–Trinajstić information content (AvgIpc) is 3.34. The van der Waals surface area contributed by atoms with E-state index >= 15 is 0 Å². The third-order valence-electron chi connectivity index (χ3n) is 3.57. The second-order valence-electron chi connectivity index (χ2n) is 5.86. The van der Waals surface area contributed by atoms with Crippen molar-refractivity contribution < 1.29 is 19.1 Å². The number of hydrogen-bond acceptors (Lipinski definition) is 5. The Morgan fingerprint density at radius 3 is 2.73 bits per heavy atom. The SMILES string of the molecule is COC(=O)C(NC(=O)c1ccnc(OCC2CC2)c1)C(C)C. The van der Waals surface area contributed by atoms with Gasteiger partial charge in [0.05, 0.1) is 13.7 Å². The van der Waals surface area contributed by atoms with Crippen LogP contribution in [0.5, 0.6) is 5.88 Å². The lowest BCUT2D eigenvalue weighted by Crippen LogP contribution is -2.45. The molecule has 1 amide bonds. The highest BCUT2D eigenvalue weighted by atomic mass is 16.5. The van der Waals surface area contributed by atoms with Gasteiger partial charge in [-0.15, -0.1) is 0 Å². The van der Waals surface area contributed by atoms with Crippen molar-refractivity contribution in [3.8, 4) is 5.88 Å². The Hall–Kier alpha value is -2.11. The van der Waals surface area contributed by atoms with E-state index < -0.39 is 12.0 Å². The fourth-order valence-corrected chi connectivity index (χ4v) is 1.97. The van der Waals surface area contributed by atoms with Gasteiger partial charge in [0, 0.05) is 17.8 Å². The predicted octanol–water partition coefficient (Wildman–Crippen LogP) is 1.80. The van der Waals surface area contributed by atoms with Gasteiger partial charge in [0.1, 0.15) is 6.04 Å². The number of hydrogen-bond donors (Lipinski definition) is 1. The van der Waals surface area contributed by atoms with Crippen molar-refractivity contribution in [2.24, 2.45) is 11.8 Å². The lowest BCUT2D eigenvalue weighted by atomic mass is 10.0. The van der Waals surface area contributed by atoms with E-state index in [4.69, 9.17) is 9.47 Å². The summed E-state index contributed by atoms with van der Waals surface area (Å²) in [6, 6.07) is 2.50. The van der Waals surface area contributed by atoms with Gasteiger partial charge >= 0.3 is 5.97 Å². The van der Waals surface area contributed by atoms with Crippen LogP contribution in [0.2, 0.25) is 0 Å². The lowest BCUT2D eigenvalue weighted by molar-refractivity contribution is -0.144. The Kier molecular flexibility index (Phi) is 5.35. The van der Waals surface area contributed by atoms with Gasteiger partial charge in [-0.05, 0) is 30.7 Å². The van der Waals surface area contributed by atoms with Gasteiger partial charge < -0.3 is 14.8 Å². The zero-order valence-electron chi connectivity index (χ0n) is 13.2. The van der Waals surface area contributed by atoms with E-state index in [0.29, 0.717) is 24.0 Å². The van der Waals surface area contributed by atoms with Crippen LogP contribution in [0.15, 0.2) is 18.3 Å². The topological polar surface area (TPSA) is 77.5 Å². The summed E-state index contributed by atoms with van der Waals surface area (Å²) in [6.45, 7) is 4.33. The Bertz CT molecular complexity index is 541. The van der Waals surface area contributed by atoms with Crippen LogP contribution in [0.25, 0.3) is 0 Å². The first-order chi connectivity index (χ1) is 10.5. The minimum Gasteiger partial charge on any atom is -0.477 e. The fourth-order valence-electron chi connectivity index (χ4n) is 1.97. The van der Waals surface area contributed by atoms with Crippen LogP contribution in [-0.4, -0.2) is 36.6 Å². The number of methoxy groups -OCH3 is 1. The maximum atomic E-state index is 12.3. The first-order valence-electron chi connectivity index (χ1n) is 7.48. The predicted molar refractivity (Wildman–Crippen MR) is 80.6 cm³/mol. The minimum absolute atomic E-state index is 0.0659. The number of esters is 1. The molecule has 0 radical (unpaired) electrons. The van der Waals surface area contributed by atoms with Crippen LogP contribution < -0.4 is 10.1 Å². The molecule has 1 heterocycles. The molecule has 1 atom stereocenters. The summed E-state index contributed by atoms with van der Waals surface area (Å²) in [6.07, 6.45) is 3.91. The van der Waals surface area contributed by atoms with Gasteiger partial charge in [-0.2, -0.15) is 0 Å². The highest BCUT2D eigenvalue weighted by molar-refractivity contribution is 5.97. The van der Waals surface area contributed by atoms with Crippen molar-refractivity contribution in [3.63, 3.8) is 0 Å². The average molecular weight is 306 g/mol. The Balaban J connectivity index is 2.00. The first kappa shape index (κ1) is 16.3. The van der Waals surface area contributed by atoms with Gasteiger partial charge in [0.2, 0.25) is 5.88 Å². The van der Waals surface area contributed by atoms with Crippen molar-refractivity contribution >= 4 is 11.9 Å². The maximum absolute atomic E-state index is 12.3. The molecular formula is C16H22N2O4. The van der Waals surface area contributed by atoms with Gasteiger partial charge in [-0.1, -0.05) is 13.8 Å². The van der Waals surface area contributed by atoms with E-state index in [9.17, 15) is 9.59 Å². The van der Waals surface area contributed by atoms with E-state index in [1.54, 1.807) is 12.1 Å². The Morgan fingerprint density at radius 1 is 1.41 bits per heavy atom. The third kappa shape index (κ3) is 4.44. The molecule has 0 spiro atoms. The number of rotatable bonds is 7. The summed E-state index contributed by atoms with van der Waals surface area (Å²) < 4.78 is 10.3. The maximum Gasteiger partial charge on any atom is 0.328 e. The molecule has 1 aliphatic carbocycles. The van der Waals surface area contributed by atoms with Gasteiger partial charge in [-0.25, -0.2) is 9.78 Å². The highest BCUT2D eigenvalue weighted by Crippen LogP contribution is 2.29. The summed E-state index contributed by atoms with van der Waals surface area (Å²) in [5, 5.41) is 2.69. The molecule has 6 nitrogen and oxygen atoms in total. The summed E-state index contributed by atoms with van der Waals surface area (Å²) in [5.74, 6) is 0.178. The zero-order chi connectivity index (χ0) is 16.1. The van der Waals surface area contributed by atoms with Crippen LogP contribution in [-0.2, 0) is 9.53 Å². The number of amides is 1. The lowest BCUT2D eigenvalue weighted by Gasteiger charge is -2.19. The number of ether oxygens (including phenoxy) is 2. The Labute approximate surface area is 130 Å². The molecule has 22 heavy (non-hydrogen) atoms. The van der Waals surface area contributed by atoms with Crippen molar-refractivity contribution in [2.75, 3.05) is 13.7 Å². The normalized spacial score (nSPS) is 15.3. The molecule has 1 saturated carbocycles. The van der Waals surface area contributed by atoms with Crippen LogP contribution in [0, 0.1) is 11.8 Å². The molecule has 1 aromatic heterocycles. The number of carbonyl (C=O) groups excluding carboxylic acids is 2. The molecule has 0 aliphatic heterocycles. The quantitative estimate of drug-likeness (QED) is 0.777. The highest BCUT2D eigenvalue weighted by Gasteiger charge is 2.26. The number of carbonyl (C=O) groups is 2. The van der Waals surface area contributed by atoms with E-state index in [2.05, 4.69) is 10.3 Å². The number of nitrogens with zero attached hydrogens (tertiary/aromatic N) is 1. The number of nitrogens with one attached hydrogen (secondary N) is 1. The van der Waals surface area contributed by atoms with Crippen molar-refractivity contribution in [3.05, 3.63) is 23.9 Å². The van der Waals surface area contributed by atoms with E-state index in [1.807, 2.05) is 13.8 Å². The van der Waals surface area contributed by atoms with Crippen LogP contribution in [0.1, 0.15) is 37.0 Å². The summed E-state index contributed by atoms with van der Waals surface area (Å²) in [4.78, 5) is 28.1. The molecule has 6 heteroatoms. The summed E-state index contributed by atoms with van der Waals surface area (Å²) >= 11 is 0. The summed E-state index contributed by atoms with van der Waals surface area (Å²) in [5.41, 5.74) is 0.412. The molecule has 1 aromatic rings. The van der Waals surface area contributed by atoms with Crippen molar-refractivity contribution in [1.82, 2.24) is 10.3 Å². The van der Waals surface area contributed by atoms with E-state index in [0.717, 1.165) is 0 Å². The van der Waals surface area contributed by atoms with Crippen LogP contribution >= 0.6 is 0 Å². The molecule has 2 rings (SSSR count). The van der Waals surface area contributed by atoms with Crippen LogP contribution in [0.3, 0.4) is 0 Å². The molecule has 0 aromatic carbocycles. The smallest absolute Gasteiger partial charge is 0.328 e. The van der Waals surface area contributed by atoms with E-state index in [1.165, 1.54) is 26.1 Å². The number of pyridine rings is 1. The van der Waals surface area contributed by atoms with Gasteiger partial charge in [-0.3, -0.25) is 4.79 Å². The van der Waals surface area contributed by atoms with E-state index in [-0.39, 0.29) is 11.8 Å². The van der Waals surface area contributed by atoms with Gasteiger partial charge in [0.15, 0.2) is 0 Å². The first-order valence-corrected chi connectivity index (χ1v) is 7.48. The largest absolute Gasteiger partial charge is 0.477 e. The molecule has 1 aliphatic rings. The second kappa shape index (κ2) is 7.24. The fraction of sp³-hybridized carbons (Fsp3) is 0.562. The minimum atomic E-state index is -0.679. The summed E-state index contributed by atoms with van der Waals surface area (Å²) in [7, 11) is 1.31. The molecule has 1 fully saturated rings. The molecular weight excluding hydrogens is 284 g/mol. The van der Waals surface area contributed by atoms with Gasteiger partial charge in [0.25, 0.3) is 5.91 Å². The second-order valence-corrected chi connectivity index (χ2v) is 5.86. The Morgan fingerprint density at radius 2 is 2.14 bits per heavy atom. The van der Waals surface area contributed by atoms with Crippen molar-refractivity contribution in [1.29, 1.82) is 0 Å². The number of aromatic nitrogens is 1. The van der Waals surface area contributed by atoms with Crippen LogP contribution in [0.4, 0.5) is 0 Å².